The van der Waals surface area contributed by atoms with Crippen LogP contribution in [0.25, 0.3) is 11.2 Å². The number of carbonyl (C=O) groups is 1. The van der Waals surface area contributed by atoms with E-state index >= 15 is 4.39 Å². The molecule has 14 heteroatoms. The summed E-state index contributed by atoms with van der Waals surface area (Å²) in [6.45, 7) is 13.1. The van der Waals surface area contributed by atoms with Crippen molar-refractivity contribution in [3.05, 3.63) is 16.7 Å². The molecule has 1 amide bonds. The molecule has 1 saturated heterocycles. The van der Waals surface area contributed by atoms with E-state index in [9.17, 15) is 9.59 Å². The number of fused-ring (bicyclic) bond motifs is 1. The van der Waals surface area contributed by atoms with Gasteiger partial charge in [-0.3, -0.25) is 24.5 Å². The average molecular weight is 540 g/mol. The lowest BCUT2D eigenvalue weighted by molar-refractivity contribution is -0.118. The van der Waals surface area contributed by atoms with E-state index < -0.39 is 38.7 Å². The van der Waals surface area contributed by atoms with Crippen molar-refractivity contribution >= 4 is 31.5 Å². The van der Waals surface area contributed by atoms with Gasteiger partial charge in [0, 0.05) is 18.0 Å². The van der Waals surface area contributed by atoms with Crippen LogP contribution in [0.2, 0.25) is 0 Å². The van der Waals surface area contributed by atoms with Crippen molar-refractivity contribution in [3.8, 4) is 6.07 Å². The lowest BCUT2D eigenvalue weighted by Crippen LogP contribution is -2.37. The molecule has 12 nitrogen and oxygen atoms in total. The number of aromatic amines is 1. The molecule has 2 aromatic heterocycles. The number of halogens is 1. The number of nitriles is 1. The SMILES string of the molecule is CC(C)C(=O)Nc1nc2c(ncn2[C@@H]2O[C@H](C)[C@@H](F)[C@H]2OP(OCCC#N)N(C(C)C)C(C)C)c(=O)[nH]1. The molecule has 0 aromatic carbocycles. The fourth-order valence-electron chi connectivity index (χ4n) is 3.96. The van der Waals surface area contributed by atoms with Crippen molar-refractivity contribution < 1.29 is 23.0 Å². The molecule has 1 aliphatic rings. The number of hydrogen-bond acceptors (Lipinski definition) is 9. The zero-order valence-corrected chi connectivity index (χ0v) is 23.0. The molecular weight excluding hydrogens is 504 g/mol. The van der Waals surface area contributed by atoms with Gasteiger partial charge in [0.05, 0.1) is 31.5 Å². The molecule has 2 N–H and O–H groups in total. The van der Waals surface area contributed by atoms with Crippen molar-refractivity contribution in [2.45, 2.75) is 91.6 Å². The number of nitrogens with zero attached hydrogens (tertiary/aromatic N) is 5. The molecule has 3 heterocycles. The molecule has 2 aromatic rings. The Labute approximate surface area is 216 Å². The van der Waals surface area contributed by atoms with Crippen LogP contribution in [0.5, 0.6) is 0 Å². The van der Waals surface area contributed by atoms with Gasteiger partial charge in [0.1, 0.15) is 6.10 Å². The fourth-order valence-corrected chi connectivity index (χ4v) is 5.70. The minimum Gasteiger partial charge on any atom is -0.349 e. The Hall–Kier alpha value is -2.49. The van der Waals surface area contributed by atoms with Gasteiger partial charge in [0.15, 0.2) is 23.6 Å². The van der Waals surface area contributed by atoms with Crippen molar-refractivity contribution in [2.24, 2.45) is 5.92 Å². The fraction of sp³-hybridized carbons (Fsp3) is 0.696. The van der Waals surface area contributed by atoms with E-state index in [1.54, 1.807) is 20.8 Å². The maximum absolute atomic E-state index is 15.5. The Bertz CT molecular complexity index is 1170. The van der Waals surface area contributed by atoms with Gasteiger partial charge in [-0.15, -0.1) is 0 Å². The van der Waals surface area contributed by atoms with Crippen molar-refractivity contribution in [3.63, 3.8) is 0 Å². The number of anilines is 1. The molecule has 204 valence electrons. The van der Waals surface area contributed by atoms with Gasteiger partial charge in [-0.05, 0) is 34.6 Å². The molecule has 37 heavy (non-hydrogen) atoms. The second-order valence-corrected chi connectivity index (χ2v) is 11.1. The van der Waals surface area contributed by atoms with Crippen LogP contribution in [0, 0.1) is 17.2 Å². The topological polar surface area (TPSA) is 147 Å². The summed E-state index contributed by atoms with van der Waals surface area (Å²) in [7, 11) is -1.77. The second kappa shape index (κ2) is 12.4. The highest BCUT2D eigenvalue weighted by Gasteiger charge is 2.48. The summed E-state index contributed by atoms with van der Waals surface area (Å²) in [6, 6.07) is 2.08. The summed E-state index contributed by atoms with van der Waals surface area (Å²) in [4.78, 5) is 35.8. The summed E-state index contributed by atoms with van der Waals surface area (Å²) < 4.78 is 37.1. The summed E-state index contributed by atoms with van der Waals surface area (Å²) in [5.41, 5.74) is -0.434. The summed E-state index contributed by atoms with van der Waals surface area (Å²) in [5, 5.41) is 11.5. The number of amides is 1. The third kappa shape index (κ3) is 6.51. The lowest BCUT2D eigenvalue weighted by Gasteiger charge is -2.37. The van der Waals surface area contributed by atoms with Gasteiger partial charge in [0.2, 0.25) is 11.9 Å². The lowest BCUT2D eigenvalue weighted by atomic mass is 10.2. The molecule has 0 spiro atoms. The third-order valence-corrected chi connectivity index (χ3v) is 7.87. The zero-order chi connectivity index (χ0) is 27.4. The van der Waals surface area contributed by atoms with E-state index in [2.05, 4.69) is 20.3 Å². The normalized spacial score (nSPS) is 22.9. The molecule has 5 atom stereocenters. The number of alkyl halides is 1. The molecule has 0 saturated carbocycles. The minimum absolute atomic E-state index is 0.0124. The maximum atomic E-state index is 15.5. The van der Waals surface area contributed by atoms with Crippen LogP contribution in [0.1, 0.15) is 61.1 Å². The Kier molecular flexibility index (Phi) is 9.72. The maximum Gasteiger partial charge on any atom is 0.280 e. The van der Waals surface area contributed by atoms with Crippen LogP contribution in [0.3, 0.4) is 0 Å². The first kappa shape index (κ1) is 29.1. The largest absolute Gasteiger partial charge is 0.349 e. The highest BCUT2D eigenvalue weighted by atomic mass is 31.2. The molecule has 1 aliphatic heterocycles. The van der Waals surface area contributed by atoms with Gasteiger partial charge in [-0.1, -0.05) is 13.8 Å². The van der Waals surface area contributed by atoms with Gasteiger partial charge < -0.3 is 13.8 Å². The highest BCUT2D eigenvalue weighted by molar-refractivity contribution is 7.44. The number of nitrogens with one attached hydrogen (secondary N) is 2. The molecule has 1 unspecified atom stereocenters. The van der Waals surface area contributed by atoms with Crippen molar-refractivity contribution in [1.82, 2.24) is 24.2 Å². The predicted octanol–water partition coefficient (Wildman–Crippen LogP) is 3.63. The highest BCUT2D eigenvalue weighted by Crippen LogP contribution is 2.51. The molecule has 3 rings (SSSR count). The van der Waals surface area contributed by atoms with Crippen LogP contribution in [0.15, 0.2) is 11.1 Å². The summed E-state index contributed by atoms with van der Waals surface area (Å²) in [5.74, 6) is -0.710. The number of aromatic nitrogens is 4. The zero-order valence-electron chi connectivity index (χ0n) is 22.1. The van der Waals surface area contributed by atoms with Crippen molar-refractivity contribution in [1.29, 1.82) is 5.26 Å². The van der Waals surface area contributed by atoms with Gasteiger partial charge in [-0.25, -0.2) is 14.0 Å². The summed E-state index contributed by atoms with van der Waals surface area (Å²) >= 11 is 0. The number of ether oxygens (including phenoxy) is 1. The Morgan fingerprint density at radius 3 is 2.62 bits per heavy atom. The summed E-state index contributed by atoms with van der Waals surface area (Å²) in [6.07, 6.45) is -2.96. The molecule has 0 radical (unpaired) electrons. The van der Waals surface area contributed by atoms with Gasteiger partial charge in [-0.2, -0.15) is 10.2 Å². The van der Waals surface area contributed by atoms with Gasteiger partial charge in [0.25, 0.3) is 14.1 Å². The van der Waals surface area contributed by atoms with Crippen LogP contribution in [-0.2, 0) is 18.6 Å². The van der Waals surface area contributed by atoms with E-state index in [-0.39, 0.29) is 54.0 Å². The number of hydrogen-bond donors (Lipinski definition) is 2. The number of carbonyl (C=O) groups excluding carboxylic acids is 1. The number of rotatable bonds is 11. The van der Waals surface area contributed by atoms with E-state index in [0.29, 0.717) is 0 Å². The third-order valence-electron chi connectivity index (χ3n) is 5.74. The Morgan fingerprint density at radius 1 is 1.35 bits per heavy atom. The molecule has 1 fully saturated rings. The van der Waals surface area contributed by atoms with Gasteiger partial charge >= 0.3 is 0 Å². The first-order valence-corrected chi connectivity index (χ1v) is 13.4. The second-order valence-electron chi connectivity index (χ2n) is 9.68. The minimum atomic E-state index is -1.77. The number of H-pyrrole nitrogens is 1. The first-order chi connectivity index (χ1) is 17.5. The Balaban J connectivity index is 1.99. The van der Waals surface area contributed by atoms with Crippen LogP contribution in [0.4, 0.5) is 10.3 Å². The van der Waals surface area contributed by atoms with E-state index in [1.807, 2.05) is 38.4 Å². The smallest absolute Gasteiger partial charge is 0.280 e. The first-order valence-electron chi connectivity index (χ1n) is 12.3. The standard InChI is InChI=1S/C23H35FN7O5P/c1-12(2)20(32)28-23-27-19-17(21(33)29-23)26-11-30(19)22-18(16(24)15(7)35-22)36-37(34-10-8-9-25)31(13(3)4)14(5)6/h11-16,18,22H,8,10H2,1-7H3,(H2,27,28,29,32,33)/t15-,16-,18-,22-,37?/m1/s1. The van der Waals surface area contributed by atoms with Crippen LogP contribution in [-0.4, -0.2) is 67.2 Å². The number of imidazole rings is 1. The average Bonchev–Trinajstić information content (AvgIpc) is 3.35. The Morgan fingerprint density at radius 2 is 2.03 bits per heavy atom. The predicted molar refractivity (Wildman–Crippen MR) is 136 cm³/mol. The van der Waals surface area contributed by atoms with Crippen LogP contribution < -0.4 is 10.9 Å². The monoisotopic (exact) mass is 539 g/mol. The van der Waals surface area contributed by atoms with Crippen LogP contribution >= 0.6 is 8.53 Å². The molecule has 0 bridgehead atoms. The van der Waals surface area contributed by atoms with E-state index in [1.165, 1.54) is 10.9 Å². The van der Waals surface area contributed by atoms with E-state index in [4.69, 9.17) is 19.0 Å². The molecule has 0 aliphatic carbocycles. The van der Waals surface area contributed by atoms with E-state index in [0.717, 1.165) is 0 Å². The molecular formula is C23H35FN7O5P. The van der Waals surface area contributed by atoms with Crippen molar-refractivity contribution in [2.75, 3.05) is 11.9 Å². The quantitative estimate of drug-likeness (QED) is 0.323.